The summed E-state index contributed by atoms with van der Waals surface area (Å²) in [6.45, 7) is 1.99. The molecule has 1 rings (SSSR count). The molecule has 4 nitrogen and oxygen atoms in total. The average Bonchev–Trinajstić information content (AvgIpc) is 2.72. The van der Waals surface area contributed by atoms with E-state index in [9.17, 15) is 53.1 Å². The van der Waals surface area contributed by atoms with Gasteiger partial charge < -0.3 is 9.47 Å². The first kappa shape index (κ1) is 29.3. The van der Waals surface area contributed by atoms with Gasteiger partial charge in [0.25, 0.3) is 0 Å². The number of anilines is 1. The van der Waals surface area contributed by atoms with Crippen molar-refractivity contribution in [1.29, 1.82) is 0 Å². The topological polar surface area (TPSA) is 47.6 Å². The molecule has 1 aromatic rings. The van der Waals surface area contributed by atoms with Crippen molar-refractivity contribution in [3.8, 4) is 5.75 Å². The minimum Gasteiger partial charge on any atom is -0.449 e. The maximum absolute atomic E-state index is 13.7. The van der Waals surface area contributed by atoms with Crippen LogP contribution in [-0.2, 0) is 4.74 Å². The number of hydrogen-bond donors (Lipinski definition) is 1. The van der Waals surface area contributed by atoms with Crippen LogP contribution in [-0.4, -0.2) is 36.6 Å². The van der Waals surface area contributed by atoms with Crippen LogP contribution in [0.15, 0.2) is 36.1 Å². The highest BCUT2D eigenvalue weighted by Crippen LogP contribution is 2.55. The van der Waals surface area contributed by atoms with Gasteiger partial charge in [-0.2, -0.15) is 48.3 Å². The van der Waals surface area contributed by atoms with Crippen molar-refractivity contribution >= 4 is 11.8 Å². The van der Waals surface area contributed by atoms with Gasteiger partial charge in [0.2, 0.25) is 5.83 Å². The van der Waals surface area contributed by atoms with Gasteiger partial charge in [0.05, 0.1) is 6.61 Å². The van der Waals surface area contributed by atoms with E-state index >= 15 is 0 Å². The number of allylic oxidation sites excluding steroid dienone is 1. The lowest BCUT2D eigenvalue weighted by Gasteiger charge is -2.32. The smallest absolute Gasteiger partial charge is 0.449 e. The molecule has 0 aliphatic heterocycles. The summed E-state index contributed by atoms with van der Waals surface area (Å²) >= 11 is 0. The highest BCUT2D eigenvalue weighted by Gasteiger charge is 2.83. The lowest BCUT2D eigenvalue weighted by Crippen LogP contribution is -2.61. The maximum atomic E-state index is 13.7. The van der Waals surface area contributed by atoms with Crippen molar-refractivity contribution in [3.05, 3.63) is 36.1 Å². The molecule has 1 N–H and O–H groups in total. The van der Waals surface area contributed by atoms with Gasteiger partial charge in [-0.05, 0) is 18.6 Å². The first-order valence-corrected chi connectivity index (χ1v) is 9.46. The van der Waals surface area contributed by atoms with E-state index in [1.54, 1.807) is 0 Å². The quantitative estimate of drug-likeness (QED) is 0.185. The number of alkyl halides is 9. The molecule has 194 valence electrons. The monoisotopic (exact) mass is 517 g/mol. The van der Waals surface area contributed by atoms with Gasteiger partial charge in [0, 0.05) is 11.8 Å². The molecule has 15 heteroatoms. The largest absolute Gasteiger partial charge is 0.460 e. The number of hydrogen-bond acceptors (Lipinski definition) is 3. The summed E-state index contributed by atoms with van der Waals surface area (Å²) in [6.07, 6.45) is -5.05. The molecule has 34 heavy (non-hydrogen) atoms. The number of carbonyl (C=O) groups excluding carboxylic acids is 1. The second-order valence-corrected chi connectivity index (χ2v) is 6.76. The normalized spacial score (nSPS) is 13.9. The van der Waals surface area contributed by atoms with Crippen molar-refractivity contribution in [2.75, 3.05) is 11.9 Å². The molecular formula is C19H18F11NO3. The van der Waals surface area contributed by atoms with Crippen LogP contribution in [0.3, 0.4) is 0 Å². The Balaban J connectivity index is 2.98. The van der Waals surface area contributed by atoms with Crippen LogP contribution in [0.4, 0.5) is 58.8 Å². The van der Waals surface area contributed by atoms with Crippen molar-refractivity contribution in [2.45, 2.75) is 56.6 Å². The van der Waals surface area contributed by atoms with Crippen molar-refractivity contribution in [2.24, 2.45) is 0 Å². The second kappa shape index (κ2) is 11.1. The fraction of sp³-hybridized carbons (Fsp3) is 0.526. The molecule has 0 aromatic heterocycles. The summed E-state index contributed by atoms with van der Waals surface area (Å²) in [5.74, 6) is -26.7. The molecule has 0 heterocycles. The molecule has 1 amide bonds. The zero-order valence-corrected chi connectivity index (χ0v) is 17.2. The van der Waals surface area contributed by atoms with E-state index in [0.717, 1.165) is 37.5 Å². The van der Waals surface area contributed by atoms with E-state index in [-0.39, 0.29) is 12.3 Å². The third-order valence-electron chi connectivity index (χ3n) is 4.11. The van der Waals surface area contributed by atoms with Gasteiger partial charge >= 0.3 is 36.1 Å². The highest BCUT2D eigenvalue weighted by molar-refractivity contribution is 5.84. The summed E-state index contributed by atoms with van der Waals surface area (Å²) < 4.78 is 151. The molecule has 0 bridgehead atoms. The Morgan fingerprint density at radius 1 is 0.912 bits per heavy atom. The van der Waals surface area contributed by atoms with E-state index in [1.807, 2.05) is 6.92 Å². The first-order valence-electron chi connectivity index (χ1n) is 9.46. The van der Waals surface area contributed by atoms with Gasteiger partial charge in [0.15, 0.2) is 0 Å². The second-order valence-electron chi connectivity index (χ2n) is 6.76. The van der Waals surface area contributed by atoms with Crippen LogP contribution in [0.2, 0.25) is 0 Å². The van der Waals surface area contributed by atoms with Crippen molar-refractivity contribution in [3.63, 3.8) is 0 Å². The van der Waals surface area contributed by atoms with Crippen LogP contribution in [0.1, 0.15) is 32.6 Å². The zero-order chi connectivity index (χ0) is 26.4. The number of halogens is 11. The Morgan fingerprint density at radius 3 is 2.09 bits per heavy atom. The zero-order valence-electron chi connectivity index (χ0n) is 17.2. The molecule has 0 spiro atoms. The van der Waals surface area contributed by atoms with E-state index in [2.05, 4.69) is 10.1 Å². The van der Waals surface area contributed by atoms with E-state index in [0.29, 0.717) is 12.5 Å². The predicted octanol–water partition coefficient (Wildman–Crippen LogP) is 7.77. The number of rotatable bonds is 11. The lowest BCUT2D eigenvalue weighted by molar-refractivity contribution is -0.392. The molecular weight excluding hydrogens is 499 g/mol. The first-order chi connectivity index (χ1) is 15.5. The Morgan fingerprint density at radius 2 is 1.53 bits per heavy atom. The number of amides is 1. The van der Waals surface area contributed by atoms with Gasteiger partial charge in [-0.3, -0.25) is 5.32 Å². The Labute approximate surface area is 185 Å². The third kappa shape index (κ3) is 6.65. The third-order valence-corrected chi connectivity index (χ3v) is 4.11. The Bertz CT molecular complexity index is 869. The van der Waals surface area contributed by atoms with E-state index < -0.39 is 47.6 Å². The Hall–Kier alpha value is -2.74. The van der Waals surface area contributed by atoms with Crippen LogP contribution >= 0.6 is 0 Å². The number of nitrogens with one attached hydrogen (secondary N) is 1. The molecule has 1 aromatic carbocycles. The summed E-state index contributed by atoms with van der Waals surface area (Å²) in [4.78, 5) is 11.6. The number of ether oxygens (including phenoxy) is 2. The molecule has 0 unspecified atom stereocenters. The number of benzene rings is 1. The van der Waals surface area contributed by atoms with Gasteiger partial charge in [-0.25, -0.2) is 4.79 Å². The molecule has 0 atom stereocenters. The molecule has 0 fully saturated rings. The van der Waals surface area contributed by atoms with Crippen molar-refractivity contribution < 1.29 is 62.6 Å². The van der Waals surface area contributed by atoms with Crippen LogP contribution in [0.25, 0.3) is 0 Å². The summed E-state index contributed by atoms with van der Waals surface area (Å²) in [6, 6.07) is 0.330. The van der Waals surface area contributed by atoms with Crippen LogP contribution < -0.4 is 10.1 Å². The van der Waals surface area contributed by atoms with Crippen molar-refractivity contribution in [1.82, 2.24) is 0 Å². The fourth-order valence-electron chi connectivity index (χ4n) is 2.27. The van der Waals surface area contributed by atoms with Gasteiger partial charge in [0.1, 0.15) is 5.75 Å². The van der Waals surface area contributed by atoms with Crippen LogP contribution in [0, 0.1) is 0 Å². The fourth-order valence-corrected chi connectivity index (χ4v) is 2.27. The van der Waals surface area contributed by atoms with Crippen LogP contribution in [0.5, 0.6) is 5.75 Å². The minimum atomic E-state index is -7.41. The van der Waals surface area contributed by atoms with Gasteiger partial charge in [-0.1, -0.05) is 32.3 Å². The summed E-state index contributed by atoms with van der Waals surface area (Å²) in [7, 11) is 0. The Kier molecular flexibility index (Phi) is 9.58. The van der Waals surface area contributed by atoms with Gasteiger partial charge in [-0.15, -0.1) is 0 Å². The predicted molar refractivity (Wildman–Crippen MR) is 96.3 cm³/mol. The summed E-state index contributed by atoms with van der Waals surface area (Å²) in [5, 5.41) is 2.10. The molecule has 0 aliphatic rings. The SMILES string of the molecule is CCCCCCOC(=O)Nc1cccc(OC(F)=C(F)C(F)(F)C(F)(F)C(F)(F)C(F)(F)F)c1. The lowest BCUT2D eigenvalue weighted by atomic mass is 10.0. The maximum Gasteiger partial charge on any atom is 0.460 e. The highest BCUT2D eigenvalue weighted by atomic mass is 19.4. The molecule has 0 saturated carbocycles. The summed E-state index contributed by atoms with van der Waals surface area (Å²) in [5.41, 5.74) is -0.232. The standard InChI is InChI=1S/C19H18F11NO3/c1-2-3-4-5-9-33-15(32)31-11-7-6-8-12(10-11)34-14(21)13(20)16(22,23)17(24,25)18(26,27)19(28,29)30/h6-8,10H,2-5,9H2,1H3,(H,31,32). The van der Waals surface area contributed by atoms with E-state index in [1.165, 1.54) is 0 Å². The number of unbranched alkanes of at least 4 members (excludes halogenated alkanes) is 3. The molecule has 0 saturated heterocycles. The minimum absolute atomic E-state index is 0.0381. The average molecular weight is 517 g/mol. The number of carbonyl (C=O) groups is 1. The van der Waals surface area contributed by atoms with E-state index in [4.69, 9.17) is 4.74 Å². The molecule has 0 radical (unpaired) electrons. The molecule has 0 aliphatic carbocycles.